The van der Waals surface area contributed by atoms with Crippen LogP contribution in [0.4, 0.5) is 0 Å². The van der Waals surface area contributed by atoms with Gasteiger partial charge in [0.1, 0.15) is 0 Å². The van der Waals surface area contributed by atoms with Gasteiger partial charge in [0.05, 0.1) is 17.7 Å². The van der Waals surface area contributed by atoms with E-state index in [1.54, 1.807) is 38.2 Å². The van der Waals surface area contributed by atoms with Gasteiger partial charge in [-0.2, -0.15) is 0 Å². The number of nitrogens with zero attached hydrogens (tertiary/aromatic N) is 1. The molecular formula is C16H17ClN2O2. The largest absolute Gasteiger partial charge is 0.394 e. The van der Waals surface area contributed by atoms with Gasteiger partial charge in [0.15, 0.2) is 0 Å². The van der Waals surface area contributed by atoms with Crippen LogP contribution in [0.15, 0.2) is 42.7 Å². The molecule has 0 fully saturated rings. The Morgan fingerprint density at radius 1 is 1.24 bits per heavy atom. The van der Waals surface area contributed by atoms with Gasteiger partial charge in [0.2, 0.25) is 0 Å². The quantitative estimate of drug-likeness (QED) is 0.913. The monoisotopic (exact) mass is 304 g/mol. The molecule has 21 heavy (non-hydrogen) atoms. The van der Waals surface area contributed by atoms with Gasteiger partial charge >= 0.3 is 0 Å². The smallest absolute Gasteiger partial charge is 0.253 e. The second kappa shape index (κ2) is 6.24. The summed E-state index contributed by atoms with van der Waals surface area (Å²) in [6, 6.07) is 9.09. The Labute approximate surface area is 128 Å². The predicted molar refractivity (Wildman–Crippen MR) is 83.3 cm³/mol. The zero-order valence-electron chi connectivity index (χ0n) is 11.9. The number of aliphatic hydroxyl groups excluding tert-OH is 1. The molecule has 4 nitrogen and oxygen atoms in total. The maximum Gasteiger partial charge on any atom is 0.253 e. The van der Waals surface area contributed by atoms with E-state index in [-0.39, 0.29) is 12.5 Å². The zero-order valence-corrected chi connectivity index (χ0v) is 12.7. The molecule has 0 unspecified atom stereocenters. The highest BCUT2D eigenvalue weighted by Gasteiger charge is 2.20. The van der Waals surface area contributed by atoms with E-state index in [4.69, 9.17) is 11.6 Å². The van der Waals surface area contributed by atoms with Crippen molar-refractivity contribution < 1.29 is 9.90 Å². The number of aliphatic hydroxyl groups is 1. The van der Waals surface area contributed by atoms with E-state index in [0.717, 1.165) is 11.1 Å². The molecule has 1 aromatic heterocycles. The lowest BCUT2D eigenvalue weighted by atomic mass is 10.0. The zero-order chi connectivity index (χ0) is 15.5. The second-order valence-corrected chi connectivity index (χ2v) is 5.90. The van der Waals surface area contributed by atoms with Crippen molar-refractivity contribution in [3.63, 3.8) is 0 Å². The molecule has 0 aliphatic heterocycles. The first kappa shape index (κ1) is 15.5. The van der Waals surface area contributed by atoms with Crippen molar-refractivity contribution in [3.05, 3.63) is 53.3 Å². The van der Waals surface area contributed by atoms with Crippen LogP contribution in [0.5, 0.6) is 0 Å². The topological polar surface area (TPSA) is 62.2 Å². The fraction of sp³-hybridized carbons (Fsp3) is 0.250. The summed E-state index contributed by atoms with van der Waals surface area (Å²) in [5.74, 6) is -0.266. The van der Waals surface area contributed by atoms with Gasteiger partial charge in [-0.05, 0) is 37.6 Å². The van der Waals surface area contributed by atoms with Crippen LogP contribution in [0.3, 0.4) is 0 Å². The molecule has 0 saturated carbocycles. The summed E-state index contributed by atoms with van der Waals surface area (Å²) >= 11 is 5.87. The Bertz CT molecular complexity index is 639. The van der Waals surface area contributed by atoms with E-state index < -0.39 is 5.54 Å². The number of rotatable bonds is 4. The number of halogens is 1. The number of benzene rings is 1. The van der Waals surface area contributed by atoms with Crippen molar-refractivity contribution in [2.75, 3.05) is 6.61 Å². The number of carbonyl (C=O) groups is 1. The lowest BCUT2D eigenvalue weighted by Crippen LogP contribution is -2.46. The minimum absolute atomic E-state index is 0.136. The molecule has 0 saturated heterocycles. The number of pyridine rings is 1. The van der Waals surface area contributed by atoms with Crippen LogP contribution in [0.25, 0.3) is 11.1 Å². The molecule has 0 spiro atoms. The molecule has 1 aromatic carbocycles. The average Bonchev–Trinajstić information content (AvgIpc) is 2.48. The SMILES string of the molecule is CC(C)(CO)NC(=O)c1cncc(-c2ccc(Cl)cc2)c1. The molecule has 5 heteroatoms. The number of nitrogens with one attached hydrogen (secondary N) is 1. The first-order valence-corrected chi connectivity index (χ1v) is 6.93. The lowest BCUT2D eigenvalue weighted by Gasteiger charge is -2.23. The van der Waals surface area contributed by atoms with Gasteiger partial charge in [0, 0.05) is 23.0 Å². The molecule has 2 rings (SSSR count). The molecule has 0 atom stereocenters. The third-order valence-corrected chi connectivity index (χ3v) is 3.28. The number of amides is 1. The maximum absolute atomic E-state index is 12.2. The summed E-state index contributed by atoms with van der Waals surface area (Å²) in [5, 5.41) is 12.6. The average molecular weight is 305 g/mol. The molecule has 0 bridgehead atoms. The molecule has 2 aromatic rings. The van der Waals surface area contributed by atoms with Crippen LogP contribution < -0.4 is 5.32 Å². The first-order valence-electron chi connectivity index (χ1n) is 6.56. The molecular weight excluding hydrogens is 288 g/mol. The van der Waals surface area contributed by atoms with Crippen LogP contribution in [0.2, 0.25) is 5.02 Å². The molecule has 0 radical (unpaired) electrons. The fourth-order valence-electron chi connectivity index (χ4n) is 1.78. The van der Waals surface area contributed by atoms with Crippen molar-refractivity contribution in [2.24, 2.45) is 0 Å². The number of carbonyl (C=O) groups excluding carboxylic acids is 1. The third-order valence-electron chi connectivity index (χ3n) is 3.03. The van der Waals surface area contributed by atoms with Crippen molar-refractivity contribution in [2.45, 2.75) is 19.4 Å². The van der Waals surface area contributed by atoms with E-state index in [2.05, 4.69) is 10.3 Å². The van der Waals surface area contributed by atoms with Crippen molar-refractivity contribution >= 4 is 17.5 Å². The minimum Gasteiger partial charge on any atom is -0.394 e. The van der Waals surface area contributed by atoms with E-state index in [9.17, 15) is 9.90 Å². The molecule has 1 heterocycles. The van der Waals surface area contributed by atoms with Gasteiger partial charge in [0.25, 0.3) is 5.91 Å². The van der Waals surface area contributed by atoms with Crippen LogP contribution >= 0.6 is 11.6 Å². The Balaban J connectivity index is 2.25. The van der Waals surface area contributed by atoms with Crippen molar-refractivity contribution in [3.8, 4) is 11.1 Å². The van der Waals surface area contributed by atoms with Crippen molar-refractivity contribution in [1.29, 1.82) is 0 Å². The molecule has 0 aliphatic rings. The number of hydrogen-bond donors (Lipinski definition) is 2. The normalized spacial score (nSPS) is 11.2. The second-order valence-electron chi connectivity index (χ2n) is 5.47. The van der Waals surface area contributed by atoms with Crippen LogP contribution in [-0.2, 0) is 0 Å². The molecule has 0 aliphatic carbocycles. The standard InChI is InChI=1S/C16H17ClN2O2/c1-16(2,10-20)19-15(21)13-7-12(8-18-9-13)11-3-5-14(17)6-4-11/h3-9,20H,10H2,1-2H3,(H,19,21). The molecule has 1 amide bonds. The van der Waals surface area contributed by atoms with Crippen molar-refractivity contribution in [1.82, 2.24) is 10.3 Å². The predicted octanol–water partition coefficient (Wildman–Crippen LogP) is 2.90. The molecule has 110 valence electrons. The summed E-state index contributed by atoms with van der Waals surface area (Å²) in [5.41, 5.74) is 1.54. The first-order chi connectivity index (χ1) is 9.91. The number of hydrogen-bond acceptors (Lipinski definition) is 3. The van der Waals surface area contributed by atoms with E-state index in [1.165, 1.54) is 6.20 Å². The van der Waals surface area contributed by atoms with Gasteiger partial charge in [-0.15, -0.1) is 0 Å². The lowest BCUT2D eigenvalue weighted by molar-refractivity contribution is 0.0869. The number of aromatic nitrogens is 1. The van der Waals surface area contributed by atoms with Crippen LogP contribution in [-0.4, -0.2) is 28.1 Å². The highest BCUT2D eigenvalue weighted by molar-refractivity contribution is 6.30. The summed E-state index contributed by atoms with van der Waals surface area (Å²) in [4.78, 5) is 16.3. The Morgan fingerprint density at radius 3 is 2.52 bits per heavy atom. The minimum atomic E-state index is -0.673. The Hall–Kier alpha value is -1.91. The fourth-order valence-corrected chi connectivity index (χ4v) is 1.91. The molecule has 2 N–H and O–H groups in total. The maximum atomic E-state index is 12.2. The highest BCUT2D eigenvalue weighted by Crippen LogP contribution is 2.21. The van der Waals surface area contributed by atoms with E-state index >= 15 is 0 Å². The summed E-state index contributed by atoms with van der Waals surface area (Å²) in [6.45, 7) is 3.37. The Kier molecular flexibility index (Phi) is 4.60. The van der Waals surface area contributed by atoms with Gasteiger partial charge in [-0.25, -0.2) is 0 Å². The third kappa shape index (κ3) is 4.03. The highest BCUT2D eigenvalue weighted by atomic mass is 35.5. The van der Waals surface area contributed by atoms with E-state index in [0.29, 0.717) is 10.6 Å². The van der Waals surface area contributed by atoms with Gasteiger partial charge < -0.3 is 10.4 Å². The van der Waals surface area contributed by atoms with Gasteiger partial charge in [-0.1, -0.05) is 23.7 Å². The van der Waals surface area contributed by atoms with Crippen LogP contribution in [0, 0.1) is 0 Å². The van der Waals surface area contributed by atoms with Crippen LogP contribution in [0.1, 0.15) is 24.2 Å². The van der Waals surface area contributed by atoms with Gasteiger partial charge in [-0.3, -0.25) is 9.78 Å². The summed E-state index contributed by atoms with van der Waals surface area (Å²) in [6.07, 6.45) is 3.19. The summed E-state index contributed by atoms with van der Waals surface area (Å²) in [7, 11) is 0. The summed E-state index contributed by atoms with van der Waals surface area (Å²) < 4.78 is 0. The van der Waals surface area contributed by atoms with E-state index in [1.807, 2.05) is 12.1 Å². The Morgan fingerprint density at radius 2 is 1.90 bits per heavy atom.